The standard InChI is InChI=1S/C24H32N6O3/c25-17-24(20-7-1-2-10-27-20)8-13-29(14-9-24)22(32)23(33)30-12-4-5-18(16-30)15-28-21(31)19-6-3-11-26-19/h1-2,7,10,18-19,26H,3-6,8-9,11-16H2,(H,28,31). The predicted octanol–water partition coefficient (Wildman–Crippen LogP) is 0.572. The summed E-state index contributed by atoms with van der Waals surface area (Å²) in [4.78, 5) is 45.7. The van der Waals surface area contributed by atoms with E-state index in [0.717, 1.165) is 37.9 Å². The third kappa shape index (κ3) is 5.17. The van der Waals surface area contributed by atoms with Crippen LogP contribution in [0.1, 0.15) is 44.2 Å². The highest BCUT2D eigenvalue weighted by molar-refractivity contribution is 6.34. The number of piperidine rings is 2. The molecule has 2 unspecified atom stereocenters. The lowest BCUT2D eigenvalue weighted by molar-refractivity contribution is -0.153. The van der Waals surface area contributed by atoms with Gasteiger partial charge in [0.2, 0.25) is 5.91 Å². The van der Waals surface area contributed by atoms with Gasteiger partial charge in [0.25, 0.3) is 0 Å². The van der Waals surface area contributed by atoms with E-state index in [1.807, 2.05) is 18.2 Å². The molecular formula is C24H32N6O3. The summed E-state index contributed by atoms with van der Waals surface area (Å²) in [7, 11) is 0. The Bertz CT molecular complexity index is 901. The van der Waals surface area contributed by atoms with Gasteiger partial charge in [-0.25, -0.2) is 0 Å². The maximum absolute atomic E-state index is 13.0. The van der Waals surface area contributed by atoms with Crippen molar-refractivity contribution in [2.75, 3.05) is 39.3 Å². The largest absolute Gasteiger partial charge is 0.354 e. The predicted molar refractivity (Wildman–Crippen MR) is 121 cm³/mol. The number of rotatable bonds is 4. The molecule has 176 valence electrons. The Balaban J connectivity index is 1.28. The van der Waals surface area contributed by atoms with Gasteiger partial charge in [-0.05, 0) is 63.1 Å². The Morgan fingerprint density at radius 2 is 1.91 bits per heavy atom. The number of hydrogen-bond donors (Lipinski definition) is 2. The zero-order valence-corrected chi connectivity index (χ0v) is 19.0. The average molecular weight is 453 g/mol. The van der Waals surface area contributed by atoms with Gasteiger partial charge in [0.05, 0.1) is 17.8 Å². The van der Waals surface area contributed by atoms with Gasteiger partial charge in [-0.2, -0.15) is 5.26 Å². The van der Waals surface area contributed by atoms with Gasteiger partial charge in [-0.1, -0.05) is 6.07 Å². The first kappa shape index (κ1) is 23.2. The second-order valence-corrected chi connectivity index (χ2v) is 9.35. The summed E-state index contributed by atoms with van der Waals surface area (Å²) in [5, 5.41) is 16.0. The fourth-order valence-electron chi connectivity index (χ4n) is 5.13. The third-order valence-electron chi connectivity index (χ3n) is 7.20. The highest BCUT2D eigenvalue weighted by Gasteiger charge is 2.41. The van der Waals surface area contributed by atoms with E-state index in [2.05, 4.69) is 21.7 Å². The van der Waals surface area contributed by atoms with E-state index in [1.54, 1.807) is 16.0 Å². The van der Waals surface area contributed by atoms with Crippen LogP contribution in [-0.4, -0.2) is 77.8 Å². The number of carbonyl (C=O) groups excluding carboxylic acids is 3. The van der Waals surface area contributed by atoms with Crippen LogP contribution >= 0.6 is 0 Å². The lowest BCUT2D eigenvalue weighted by Crippen LogP contribution is -2.53. The summed E-state index contributed by atoms with van der Waals surface area (Å²) in [5.41, 5.74) is 0.00333. The third-order valence-corrected chi connectivity index (χ3v) is 7.20. The van der Waals surface area contributed by atoms with Crippen LogP contribution in [0.15, 0.2) is 24.4 Å². The number of nitrogens with one attached hydrogen (secondary N) is 2. The fourth-order valence-corrected chi connectivity index (χ4v) is 5.13. The number of carbonyl (C=O) groups is 3. The number of nitriles is 1. The quantitative estimate of drug-likeness (QED) is 0.645. The van der Waals surface area contributed by atoms with Crippen LogP contribution in [0.2, 0.25) is 0 Å². The minimum absolute atomic E-state index is 0.0224. The second kappa shape index (κ2) is 10.3. The maximum Gasteiger partial charge on any atom is 0.312 e. The van der Waals surface area contributed by atoms with Gasteiger partial charge in [-0.3, -0.25) is 19.4 Å². The number of nitrogens with zero attached hydrogens (tertiary/aromatic N) is 4. The molecule has 3 fully saturated rings. The molecule has 9 nitrogen and oxygen atoms in total. The van der Waals surface area contributed by atoms with E-state index in [9.17, 15) is 19.6 Å². The summed E-state index contributed by atoms with van der Waals surface area (Å²) in [6.45, 7) is 3.15. The van der Waals surface area contributed by atoms with Crippen LogP contribution in [0.3, 0.4) is 0 Å². The minimum Gasteiger partial charge on any atom is -0.354 e. The zero-order chi connectivity index (χ0) is 23.3. The molecule has 0 radical (unpaired) electrons. The van der Waals surface area contributed by atoms with Crippen LogP contribution in [0.5, 0.6) is 0 Å². The summed E-state index contributed by atoms with van der Waals surface area (Å²) in [5.74, 6) is -0.806. The van der Waals surface area contributed by atoms with Gasteiger partial charge in [0, 0.05) is 38.9 Å². The maximum atomic E-state index is 13.0. The van der Waals surface area contributed by atoms with Gasteiger partial charge in [0.15, 0.2) is 0 Å². The van der Waals surface area contributed by atoms with Gasteiger partial charge in [0.1, 0.15) is 5.41 Å². The molecule has 4 rings (SSSR count). The number of aromatic nitrogens is 1. The summed E-state index contributed by atoms with van der Waals surface area (Å²) < 4.78 is 0. The molecule has 0 bridgehead atoms. The molecule has 3 aliphatic heterocycles. The van der Waals surface area contributed by atoms with Crippen LogP contribution in [-0.2, 0) is 19.8 Å². The Morgan fingerprint density at radius 1 is 1.12 bits per heavy atom. The molecule has 1 aromatic heterocycles. The summed E-state index contributed by atoms with van der Waals surface area (Å²) in [6.07, 6.45) is 6.22. The first-order valence-electron chi connectivity index (χ1n) is 11.9. The molecular weight excluding hydrogens is 420 g/mol. The normalized spacial score (nSPS) is 24.7. The molecule has 0 spiro atoms. The van der Waals surface area contributed by atoms with E-state index >= 15 is 0 Å². The first-order valence-corrected chi connectivity index (χ1v) is 11.9. The molecule has 3 saturated heterocycles. The number of likely N-dealkylation sites (tertiary alicyclic amines) is 2. The zero-order valence-electron chi connectivity index (χ0n) is 19.0. The Morgan fingerprint density at radius 3 is 2.58 bits per heavy atom. The minimum atomic E-state index is -0.719. The Hall–Kier alpha value is -2.99. The van der Waals surface area contributed by atoms with Crippen LogP contribution in [0, 0.1) is 17.2 Å². The van der Waals surface area contributed by atoms with E-state index in [-0.39, 0.29) is 17.9 Å². The molecule has 2 N–H and O–H groups in total. The van der Waals surface area contributed by atoms with Crippen molar-refractivity contribution in [1.29, 1.82) is 5.26 Å². The second-order valence-electron chi connectivity index (χ2n) is 9.35. The molecule has 0 aromatic carbocycles. The lowest BCUT2D eigenvalue weighted by Gasteiger charge is -2.38. The highest BCUT2D eigenvalue weighted by Crippen LogP contribution is 2.33. The molecule has 2 atom stereocenters. The van der Waals surface area contributed by atoms with Crippen molar-refractivity contribution in [2.45, 2.75) is 50.0 Å². The topological polar surface area (TPSA) is 118 Å². The van der Waals surface area contributed by atoms with Crippen molar-refractivity contribution in [3.05, 3.63) is 30.1 Å². The van der Waals surface area contributed by atoms with Gasteiger partial charge in [-0.15, -0.1) is 0 Å². The van der Waals surface area contributed by atoms with E-state index < -0.39 is 17.2 Å². The average Bonchev–Trinajstić information content (AvgIpc) is 3.42. The van der Waals surface area contributed by atoms with E-state index in [1.165, 1.54) is 0 Å². The molecule has 3 amide bonds. The SMILES string of the molecule is N#CC1(c2ccccn2)CCN(C(=O)C(=O)N2CCCC(CNC(=O)C3CCCN3)C2)CC1. The summed E-state index contributed by atoms with van der Waals surface area (Å²) >= 11 is 0. The lowest BCUT2D eigenvalue weighted by atomic mass is 9.76. The summed E-state index contributed by atoms with van der Waals surface area (Å²) in [6, 6.07) is 7.81. The molecule has 1 aromatic rings. The van der Waals surface area contributed by atoms with Crippen molar-refractivity contribution in [3.8, 4) is 6.07 Å². The first-order chi connectivity index (χ1) is 16.0. The highest BCUT2D eigenvalue weighted by atomic mass is 16.2. The van der Waals surface area contributed by atoms with Crippen molar-refractivity contribution in [1.82, 2.24) is 25.4 Å². The molecule has 0 saturated carbocycles. The fraction of sp³-hybridized carbons (Fsp3) is 0.625. The van der Waals surface area contributed by atoms with Crippen molar-refractivity contribution >= 4 is 17.7 Å². The molecule has 3 aliphatic rings. The van der Waals surface area contributed by atoms with Crippen LogP contribution in [0.4, 0.5) is 0 Å². The van der Waals surface area contributed by atoms with E-state index in [0.29, 0.717) is 45.6 Å². The van der Waals surface area contributed by atoms with Gasteiger partial charge < -0.3 is 20.4 Å². The Labute approximate surface area is 194 Å². The number of amides is 3. The molecule has 33 heavy (non-hydrogen) atoms. The van der Waals surface area contributed by atoms with Crippen LogP contribution in [0.25, 0.3) is 0 Å². The Kier molecular flexibility index (Phi) is 7.23. The van der Waals surface area contributed by atoms with Crippen molar-refractivity contribution < 1.29 is 14.4 Å². The molecule has 4 heterocycles. The van der Waals surface area contributed by atoms with E-state index in [4.69, 9.17) is 0 Å². The van der Waals surface area contributed by atoms with Gasteiger partial charge >= 0.3 is 11.8 Å². The number of pyridine rings is 1. The molecule has 9 heteroatoms. The van der Waals surface area contributed by atoms with Crippen LogP contribution < -0.4 is 10.6 Å². The van der Waals surface area contributed by atoms with Crippen molar-refractivity contribution in [2.24, 2.45) is 5.92 Å². The number of hydrogen-bond acceptors (Lipinski definition) is 6. The monoisotopic (exact) mass is 452 g/mol. The molecule has 0 aliphatic carbocycles. The smallest absolute Gasteiger partial charge is 0.312 e. The van der Waals surface area contributed by atoms with Crippen molar-refractivity contribution in [3.63, 3.8) is 0 Å².